The van der Waals surface area contributed by atoms with Crippen molar-refractivity contribution < 1.29 is 19.7 Å². The van der Waals surface area contributed by atoms with E-state index in [0.717, 1.165) is 12.1 Å². The van der Waals surface area contributed by atoms with Crippen LogP contribution in [0.25, 0.3) is 0 Å². The van der Waals surface area contributed by atoms with Crippen molar-refractivity contribution in [2.75, 3.05) is 48.8 Å². The van der Waals surface area contributed by atoms with Gasteiger partial charge in [0.1, 0.15) is 5.69 Å². The first-order chi connectivity index (χ1) is 13.3. The van der Waals surface area contributed by atoms with E-state index < -0.39 is 27.1 Å². The number of anilines is 1. The van der Waals surface area contributed by atoms with Gasteiger partial charge in [0.05, 0.1) is 21.5 Å². The van der Waals surface area contributed by atoms with Gasteiger partial charge in [-0.1, -0.05) is 31.9 Å². The van der Waals surface area contributed by atoms with Crippen molar-refractivity contribution in [1.29, 1.82) is 0 Å². The SMILES string of the molecule is CN(CCCCO)C(=O)c1cc([N+](=O)[O-])cc([N+](=O)[O-])c1N(CCBr)CCBr. The number of nitro groups is 2. The number of benzene rings is 1. The molecule has 0 unspecified atom stereocenters. The van der Waals surface area contributed by atoms with Crippen LogP contribution in [0.4, 0.5) is 17.1 Å². The minimum absolute atomic E-state index is 0.0140. The lowest BCUT2D eigenvalue weighted by molar-refractivity contribution is -0.393. The smallest absolute Gasteiger partial charge is 0.300 e. The molecule has 0 atom stereocenters. The van der Waals surface area contributed by atoms with Gasteiger partial charge >= 0.3 is 0 Å². The van der Waals surface area contributed by atoms with Gasteiger partial charge in [-0.3, -0.25) is 25.0 Å². The quantitative estimate of drug-likeness (QED) is 0.192. The number of halogens is 2. The average molecular weight is 526 g/mol. The fourth-order valence-electron chi connectivity index (χ4n) is 2.65. The number of unbranched alkanes of at least 4 members (excludes halogenated alkanes) is 1. The van der Waals surface area contributed by atoms with Gasteiger partial charge in [0, 0.05) is 50.0 Å². The Morgan fingerprint density at radius 2 is 1.68 bits per heavy atom. The maximum Gasteiger partial charge on any atom is 0.300 e. The van der Waals surface area contributed by atoms with Crippen LogP contribution in [0.1, 0.15) is 23.2 Å². The lowest BCUT2D eigenvalue weighted by atomic mass is 10.1. The number of nitro benzene ring substituents is 2. The number of nitrogens with zero attached hydrogens (tertiary/aromatic N) is 4. The Morgan fingerprint density at radius 1 is 1.07 bits per heavy atom. The van der Waals surface area contributed by atoms with E-state index in [1.807, 2.05) is 0 Å². The molecular weight excluding hydrogens is 504 g/mol. The van der Waals surface area contributed by atoms with Crippen LogP contribution in [0.5, 0.6) is 0 Å². The first-order valence-corrected chi connectivity index (χ1v) is 10.7. The number of carbonyl (C=O) groups is 1. The molecular formula is C16H22Br2N4O6. The minimum Gasteiger partial charge on any atom is -0.396 e. The van der Waals surface area contributed by atoms with Crippen molar-refractivity contribution in [3.8, 4) is 0 Å². The third kappa shape index (κ3) is 6.38. The van der Waals surface area contributed by atoms with E-state index in [9.17, 15) is 25.0 Å². The number of amides is 1. The fraction of sp³-hybridized carbons (Fsp3) is 0.562. The summed E-state index contributed by atoms with van der Waals surface area (Å²) in [5.74, 6) is -0.547. The molecule has 1 aromatic rings. The summed E-state index contributed by atoms with van der Waals surface area (Å²) >= 11 is 6.59. The summed E-state index contributed by atoms with van der Waals surface area (Å²) in [6, 6.07) is 1.97. The number of non-ortho nitro benzene ring substituents is 1. The van der Waals surface area contributed by atoms with E-state index in [1.165, 1.54) is 11.9 Å². The number of carbonyl (C=O) groups excluding carboxylic acids is 1. The summed E-state index contributed by atoms with van der Waals surface area (Å²) in [5, 5.41) is 32.8. The summed E-state index contributed by atoms with van der Waals surface area (Å²) in [5.41, 5.74) is -1.02. The van der Waals surface area contributed by atoms with E-state index in [2.05, 4.69) is 31.9 Å². The number of rotatable bonds is 12. The zero-order chi connectivity index (χ0) is 21.3. The summed E-state index contributed by atoms with van der Waals surface area (Å²) in [4.78, 5) is 37.4. The predicted octanol–water partition coefficient (Wildman–Crippen LogP) is 2.94. The van der Waals surface area contributed by atoms with E-state index in [0.29, 0.717) is 43.1 Å². The summed E-state index contributed by atoms with van der Waals surface area (Å²) in [7, 11) is 1.52. The summed E-state index contributed by atoms with van der Waals surface area (Å²) in [6.45, 7) is 1.05. The normalized spacial score (nSPS) is 10.6. The molecule has 1 rings (SSSR count). The lowest BCUT2D eigenvalue weighted by Crippen LogP contribution is -2.33. The Kier molecular flexibility index (Phi) is 10.3. The highest BCUT2D eigenvalue weighted by Gasteiger charge is 2.31. The van der Waals surface area contributed by atoms with Gasteiger partial charge in [0.15, 0.2) is 0 Å². The molecule has 0 aliphatic carbocycles. The van der Waals surface area contributed by atoms with Crippen LogP contribution in [0, 0.1) is 20.2 Å². The number of aliphatic hydroxyl groups is 1. The number of hydrogen-bond donors (Lipinski definition) is 1. The Hall–Kier alpha value is -1.79. The largest absolute Gasteiger partial charge is 0.396 e. The molecule has 156 valence electrons. The third-order valence-corrected chi connectivity index (χ3v) is 4.70. The van der Waals surface area contributed by atoms with Crippen LogP contribution in [0.15, 0.2) is 12.1 Å². The molecule has 12 heteroatoms. The minimum atomic E-state index is -0.751. The maximum absolute atomic E-state index is 13.0. The van der Waals surface area contributed by atoms with Crippen LogP contribution >= 0.6 is 31.9 Å². The van der Waals surface area contributed by atoms with E-state index in [4.69, 9.17) is 5.11 Å². The van der Waals surface area contributed by atoms with E-state index in [1.54, 1.807) is 4.90 Å². The molecule has 0 aliphatic heterocycles. The molecule has 0 saturated heterocycles. The van der Waals surface area contributed by atoms with Crippen molar-refractivity contribution in [3.63, 3.8) is 0 Å². The van der Waals surface area contributed by atoms with Crippen molar-refractivity contribution in [1.82, 2.24) is 4.90 Å². The maximum atomic E-state index is 13.0. The highest BCUT2D eigenvalue weighted by Crippen LogP contribution is 2.37. The van der Waals surface area contributed by atoms with Crippen LogP contribution in [0.2, 0.25) is 0 Å². The average Bonchev–Trinajstić information content (AvgIpc) is 2.66. The van der Waals surface area contributed by atoms with Crippen LogP contribution < -0.4 is 4.90 Å². The Balaban J connectivity index is 3.57. The topological polar surface area (TPSA) is 130 Å². The number of aliphatic hydroxyl groups excluding tert-OH is 1. The molecule has 0 bridgehead atoms. The lowest BCUT2D eigenvalue weighted by Gasteiger charge is -2.26. The molecule has 0 aromatic heterocycles. The predicted molar refractivity (Wildman–Crippen MR) is 113 cm³/mol. The van der Waals surface area contributed by atoms with Crippen molar-refractivity contribution in [2.45, 2.75) is 12.8 Å². The second-order valence-corrected chi connectivity index (χ2v) is 7.48. The molecule has 10 nitrogen and oxygen atoms in total. The molecule has 1 aromatic carbocycles. The Morgan fingerprint density at radius 3 is 2.14 bits per heavy atom. The molecule has 0 saturated carbocycles. The molecule has 0 aliphatic rings. The van der Waals surface area contributed by atoms with E-state index in [-0.39, 0.29) is 17.9 Å². The van der Waals surface area contributed by atoms with E-state index >= 15 is 0 Å². The van der Waals surface area contributed by atoms with Crippen molar-refractivity contribution in [2.24, 2.45) is 0 Å². The zero-order valence-corrected chi connectivity index (χ0v) is 18.5. The fourth-order valence-corrected chi connectivity index (χ4v) is 3.51. The number of alkyl halides is 2. The molecule has 0 spiro atoms. The van der Waals surface area contributed by atoms with Gasteiger partial charge in [0.2, 0.25) is 0 Å². The van der Waals surface area contributed by atoms with Crippen LogP contribution in [-0.4, -0.2) is 69.7 Å². The summed E-state index contributed by atoms with van der Waals surface area (Å²) < 4.78 is 0. The second kappa shape index (κ2) is 11.9. The van der Waals surface area contributed by atoms with Gasteiger partial charge in [0.25, 0.3) is 17.3 Å². The van der Waals surface area contributed by atoms with Crippen LogP contribution in [-0.2, 0) is 0 Å². The highest BCUT2D eigenvalue weighted by molar-refractivity contribution is 9.09. The molecule has 0 heterocycles. The standard InChI is InChI=1S/C16H22Br2N4O6/c1-19(6-2-3-9-23)16(24)13-10-12(21(25)26)11-14(22(27)28)15(13)20(7-4-17)8-5-18/h10-11,23H,2-9H2,1H3. The van der Waals surface area contributed by atoms with Gasteiger partial charge in [-0.2, -0.15) is 0 Å². The van der Waals surface area contributed by atoms with Gasteiger partial charge < -0.3 is 14.9 Å². The monoisotopic (exact) mass is 524 g/mol. The van der Waals surface area contributed by atoms with Crippen LogP contribution in [0.3, 0.4) is 0 Å². The van der Waals surface area contributed by atoms with Gasteiger partial charge in [-0.05, 0) is 12.8 Å². The molecule has 1 N–H and O–H groups in total. The third-order valence-electron chi connectivity index (χ3n) is 3.99. The number of hydrogen-bond acceptors (Lipinski definition) is 7. The van der Waals surface area contributed by atoms with Gasteiger partial charge in [-0.15, -0.1) is 0 Å². The molecule has 1 amide bonds. The molecule has 28 heavy (non-hydrogen) atoms. The summed E-state index contributed by atoms with van der Waals surface area (Å²) in [6.07, 6.45) is 1.04. The second-order valence-electron chi connectivity index (χ2n) is 5.90. The first kappa shape index (κ1) is 24.2. The van der Waals surface area contributed by atoms with Gasteiger partial charge in [-0.25, -0.2) is 0 Å². The Labute approximate surface area is 179 Å². The molecule has 0 radical (unpaired) electrons. The first-order valence-electron chi connectivity index (χ1n) is 8.48. The van der Waals surface area contributed by atoms with Crippen molar-refractivity contribution in [3.05, 3.63) is 37.9 Å². The molecule has 0 fully saturated rings. The zero-order valence-electron chi connectivity index (χ0n) is 15.3. The Bertz CT molecular complexity index is 713. The van der Waals surface area contributed by atoms with Crippen molar-refractivity contribution >= 4 is 54.8 Å². The highest BCUT2D eigenvalue weighted by atomic mass is 79.9.